The molecule has 0 aliphatic carbocycles. The summed E-state index contributed by atoms with van der Waals surface area (Å²) in [6.45, 7) is 2.46. The lowest BCUT2D eigenvalue weighted by Crippen LogP contribution is -2.03. The maximum Gasteiger partial charge on any atom is 0.144 e. The highest BCUT2D eigenvalue weighted by Crippen LogP contribution is 2.24. The first-order chi connectivity index (χ1) is 9.15. The van der Waals surface area contributed by atoms with Gasteiger partial charge in [0, 0.05) is 18.2 Å². The Hall–Kier alpha value is -2.48. The first-order valence-electron chi connectivity index (χ1n) is 5.76. The lowest BCUT2D eigenvalue weighted by Gasteiger charge is -2.08. The van der Waals surface area contributed by atoms with Crippen LogP contribution in [-0.2, 0) is 0 Å². The molecule has 0 amide bonds. The maximum atomic E-state index is 13.7. The summed E-state index contributed by atoms with van der Waals surface area (Å²) >= 11 is 0. The molecule has 3 nitrogen and oxygen atoms in total. The zero-order valence-corrected chi connectivity index (χ0v) is 10.2. The number of hydrogen-bond donors (Lipinski definition) is 1. The van der Waals surface area contributed by atoms with Crippen molar-refractivity contribution in [1.82, 2.24) is 4.98 Å². The summed E-state index contributed by atoms with van der Waals surface area (Å²) in [5, 5.41) is 11.9. The Morgan fingerprint density at radius 3 is 2.68 bits per heavy atom. The van der Waals surface area contributed by atoms with Gasteiger partial charge in [0.1, 0.15) is 23.5 Å². The summed E-state index contributed by atoms with van der Waals surface area (Å²) in [7, 11) is 0. The molecular weight excluding hydrogens is 248 g/mol. The number of pyridine rings is 1. The monoisotopic (exact) mass is 259 g/mol. The van der Waals surface area contributed by atoms with Crippen LogP contribution in [0.1, 0.15) is 12.5 Å². The minimum absolute atomic E-state index is 0.199. The Kier molecular flexibility index (Phi) is 3.71. The van der Waals surface area contributed by atoms with Crippen molar-refractivity contribution in [3.05, 3.63) is 47.5 Å². The van der Waals surface area contributed by atoms with Crippen molar-refractivity contribution in [2.75, 3.05) is 11.9 Å². The van der Waals surface area contributed by atoms with Gasteiger partial charge in [-0.3, -0.25) is 0 Å². The van der Waals surface area contributed by atoms with Gasteiger partial charge in [0.2, 0.25) is 0 Å². The third-order valence-electron chi connectivity index (χ3n) is 2.57. The van der Waals surface area contributed by atoms with Crippen LogP contribution in [0, 0.1) is 23.0 Å². The van der Waals surface area contributed by atoms with Gasteiger partial charge in [-0.1, -0.05) is 0 Å². The van der Waals surface area contributed by atoms with Gasteiger partial charge in [-0.2, -0.15) is 5.26 Å². The van der Waals surface area contributed by atoms with Crippen LogP contribution >= 0.6 is 0 Å². The van der Waals surface area contributed by atoms with Gasteiger partial charge < -0.3 is 5.32 Å². The van der Waals surface area contributed by atoms with E-state index in [1.807, 2.05) is 13.0 Å². The average molecular weight is 259 g/mol. The largest absolute Gasteiger partial charge is 0.369 e. The third-order valence-corrected chi connectivity index (χ3v) is 2.57. The van der Waals surface area contributed by atoms with Gasteiger partial charge in [-0.05, 0) is 31.2 Å². The second-order valence-electron chi connectivity index (χ2n) is 3.86. The second-order valence-corrected chi connectivity index (χ2v) is 3.86. The number of halogens is 2. The maximum absolute atomic E-state index is 13.7. The van der Waals surface area contributed by atoms with Crippen LogP contribution in [0.4, 0.5) is 14.6 Å². The number of benzene rings is 1. The number of hydrogen-bond acceptors (Lipinski definition) is 3. The molecule has 0 atom stereocenters. The quantitative estimate of drug-likeness (QED) is 0.919. The number of anilines is 1. The van der Waals surface area contributed by atoms with E-state index in [0.29, 0.717) is 23.6 Å². The first kappa shape index (κ1) is 13.0. The molecule has 0 fully saturated rings. The van der Waals surface area contributed by atoms with Crippen LogP contribution < -0.4 is 5.32 Å². The van der Waals surface area contributed by atoms with E-state index in [1.54, 1.807) is 6.07 Å². The van der Waals surface area contributed by atoms with E-state index in [-0.39, 0.29) is 5.56 Å². The topological polar surface area (TPSA) is 48.7 Å². The van der Waals surface area contributed by atoms with Crippen LogP contribution in [0.5, 0.6) is 0 Å². The van der Waals surface area contributed by atoms with Gasteiger partial charge in [0.05, 0.1) is 11.3 Å². The predicted molar refractivity (Wildman–Crippen MR) is 68.5 cm³/mol. The Labute approximate surface area is 109 Å². The standard InChI is InChI=1S/C14H11F2N3/c1-2-18-14-9(8-17)3-6-13(19-14)11-5-4-10(15)7-12(11)16/h3-7H,2H2,1H3,(H,18,19). The second kappa shape index (κ2) is 5.44. The van der Waals surface area contributed by atoms with Crippen LogP contribution in [0.25, 0.3) is 11.3 Å². The predicted octanol–water partition coefficient (Wildman–Crippen LogP) is 3.33. The molecule has 0 saturated heterocycles. The molecule has 0 unspecified atom stereocenters. The smallest absolute Gasteiger partial charge is 0.144 e. The minimum Gasteiger partial charge on any atom is -0.369 e. The number of nitriles is 1. The molecule has 1 aromatic carbocycles. The summed E-state index contributed by atoms with van der Waals surface area (Å²) in [5.74, 6) is -0.923. The number of nitrogens with one attached hydrogen (secondary N) is 1. The van der Waals surface area contributed by atoms with Gasteiger partial charge in [-0.25, -0.2) is 13.8 Å². The highest BCUT2D eigenvalue weighted by atomic mass is 19.1. The normalized spacial score (nSPS) is 10.0. The molecule has 1 heterocycles. The summed E-state index contributed by atoms with van der Waals surface area (Å²) in [4.78, 5) is 4.20. The molecular formula is C14H11F2N3. The fourth-order valence-electron chi connectivity index (χ4n) is 1.70. The number of nitrogens with zero attached hydrogens (tertiary/aromatic N) is 2. The zero-order chi connectivity index (χ0) is 13.8. The molecule has 0 radical (unpaired) electrons. The Bertz CT molecular complexity index is 648. The lowest BCUT2D eigenvalue weighted by molar-refractivity contribution is 0.585. The van der Waals surface area contributed by atoms with E-state index in [4.69, 9.17) is 5.26 Å². The zero-order valence-electron chi connectivity index (χ0n) is 10.2. The fourth-order valence-corrected chi connectivity index (χ4v) is 1.70. The molecule has 1 N–H and O–H groups in total. The van der Waals surface area contributed by atoms with Gasteiger partial charge >= 0.3 is 0 Å². The molecule has 2 aromatic rings. The van der Waals surface area contributed by atoms with Crippen molar-refractivity contribution >= 4 is 5.82 Å². The first-order valence-corrected chi connectivity index (χ1v) is 5.76. The summed E-state index contributed by atoms with van der Waals surface area (Å²) in [5.41, 5.74) is 0.936. The molecule has 2 rings (SSSR count). The fraction of sp³-hybridized carbons (Fsp3) is 0.143. The average Bonchev–Trinajstić information content (AvgIpc) is 2.39. The highest BCUT2D eigenvalue weighted by molar-refractivity contribution is 5.65. The van der Waals surface area contributed by atoms with E-state index < -0.39 is 11.6 Å². The molecule has 0 saturated carbocycles. The molecule has 0 bridgehead atoms. The summed E-state index contributed by atoms with van der Waals surface area (Å²) in [6, 6.07) is 8.41. The van der Waals surface area contributed by atoms with E-state index in [0.717, 1.165) is 6.07 Å². The molecule has 5 heteroatoms. The van der Waals surface area contributed by atoms with Crippen LogP contribution in [0.3, 0.4) is 0 Å². The van der Waals surface area contributed by atoms with Crippen molar-refractivity contribution in [3.8, 4) is 17.3 Å². The van der Waals surface area contributed by atoms with E-state index in [2.05, 4.69) is 10.3 Å². The summed E-state index contributed by atoms with van der Waals surface area (Å²) in [6.07, 6.45) is 0. The molecule has 0 aliphatic heterocycles. The van der Waals surface area contributed by atoms with Crippen LogP contribution in [-0.4, -0.2) is 11.5 Å². The Balaban J connectivity index is 2.51. The Morgan fingerprint density at radius 1 is 1.26 bits per heavy atom. The SMILES string of the molecule is CCNc1nc(-c2ccc(F)cc2F)ccc1C#N. The van der Waals surface area contributed by atoms with E-state index in [1.165, 1.54) is 18.2 Å². The summed E-state index contributed by atoms with van der Waals surface area (Å²) < 4.78 is 26.5. The van der Waals surface area contributed by atoms with Crippen molar-refractivity contribution in [2.45, 2.75) is 6.92 Å². The molecule has 0 spiro atoms. The lowest BCUT2D eigenvalue weighted by atomic mass is 10.1. The third kappa shape index (κ3) is 2.68. The molecule has 1 aromatic heterocycles. The van der Waals surface area contributed by atoms with Gasteiger partial charge in [0.15, 0.2) is 0 Å². The Morgan fingerprint density at radius 2 is 2.05 bits per heavy atom. The van der Waals surface area contributed by atoms with E-state index >= 15 is 0 Å². The molecule has 19 heavy (non-hydrogen) atoms. The van der Waals surface area contributed by atoms with Crippen molar-refractivity contribution in [2.24, 2.45) is 0 Å². The van der Waals surface area contributed by atoms with Crippen molar-refractivity contribution in [1.29, 1.82) is 5.26 Å². The van der Waals surface area contributed by atoms with Gasteiger partial charge in [0.25, 0.3) is 0 Å². The molecule has 96 valence electrons. The van der Waals surface area contributed by atoms with Crippen molar-refractivity contribution < 1.29 is 8.78 Å². The molecule has 0 aliphatic rings. The van der Waals surface area contributed by atoms with E-state index in [9.17, 15) is 8.78 Å². The number of rotatable bonds is 3. The van der Waals surface area contributed by atoms with Crippen LogP contribution in [0.15, 0.2) is 30.3 Å². The van der Waals surface area contributed by atoms with Gasteiger partial charge in [-0.15, -0.1) is 0 Å². The minimum atomic E-state index is -0.681. The van der Waals surface area contributed by atoms with Crippen molar-refractivity contribution in [3.63, 3.8) is 0 Å². The highest BCUT2D eigenvalue weighted by Gasteiger charge is 2.10. The van der Waals surface area contributed by atoms with Crippen LogP contribution in [0.2, 0.25) is 0 Å². The number of aromatic nitrogens is 1.